The molecule has 0 spiro atoms. The van der Waals surface area contributed by atoms with E-state index in [1.165, 1.54) is 0 Å². The summed E-state index contributed by atoms with van der Waals surface area (Å²) in [6, 6.07) is 10.6. The van der Waals surface area contributed by atoms with E-state index in [-0.39, 0.29) is 5.56 Å². The lowest BCUT2D eigenvalue weighted by Gasteiger charge is -2.07. The number of amides is 1. The molecule has 3 rings (SSSR count). The molecule has 0 unspecified atom stereocenters. The highest BCUT2D eigenvalue weighted by Crippen LogP contribution is 2.19. The smallest absolute Gasteiger partial charge is 0.349 e. The zero-order valence-corrected chi connectivity index (χ0v) is 13.2. The van der Waals surface area contributed by atoms with E-state index in [2.05, 4.69) is 16.9 Å². The molecule has 0 radical (unpaired) electrons. The number of para-hydroxylation sites is 1. The van der Waals surface area contributed by atoms with Crippen molar-refractivity contribution < 1.29 is 9.21 Å². The standard InChI is InChI=1S/C19H16N2O3/c1-3-5-13-6-4-7-14-11-15(19(23)24-17(13)14)18(22)21-16-10-12(2)8-9-20-16/h3-4,6-11H,1,5H2,2H3,(H,20,21,22). The molecule has 2 heterocycles. The summed E-state index contributed by atoms with van der Waals surface area (Å²) in [7, 11) is 0. The van der Waals surface area contributed by atoms with Gasteiger partial charge in [0.2, 0.25) is 0 Å². The lowest BCUT2D eigenvalue weighted by Crippen LogP contribution is -2.21. The minimum atomic E-state index is -0.677. The van der Waals surface area contributed by atoms with Crippen LogP contribution >= 0.6 is 0 Å². The van der Waals surface area contributed by atoms with Crippen LogP contribution in [0.25, 0.3) is 11.0 Å². The maximum absolute atomic E-state index is 12.4. The quantitative estimate of drug-likeness (QED) is 0.590. The molecule has 1 aromatic carbocycles. The van der Waals surface area contributed by atoms with Crippen molar-refractivity contribution in [2.24, 2.45) is 0 Å². The van der Waals surface area contributed by atoms with Gasteiger partial charge in [-0.25, -0.2) is 9.78 Å². The predicted molar refractivity (Wildman–Crippen MR) is 93.3 cm³/mol. The number of aryl methyl sites for hydroxylation is 1. The molecule has 0 aliphatic carbocycles. The average molecular weight is 320 g/mol. The molecular weight excluding hydrogens is 304 g/mol. The van der Waals surface area contributed by atoms with Crippen molar-refractivity contribution in [3.8, 4) is 0 Å². The van der Waals surface area contributed by atoms with Gasteiger partial charge in [-0.15, -0.1) is 6.58 Å². The first-order valence-electron chi connectivity index (χ1n) is 7.49. The third-order valence-corrected chi connectivity index (χ3v) is 3.61. The normalized spacial score (nSPS) is 10.5. The third-order valence-electron chi connectivity index (χ3n) is 3.61. The molecule has 24 heavy (non-hydrogen) atoms. The van der Waals surface area contributed by atoms with Crippen molar-refractivity contribution in [3.63, 3.8) is 0 Å². The van der Waals surface area contributed by atoms with Crippen molar-refractivity contribution >= 4 is 22.7 Å². The van der Waals surface area contributed by atoms with Crippen molar-refractivity contribution in [1.29, 1.82) is 0 Å². The van der Waals surface area contributed by atoms with Gasteiger partial charge in [-0.05, 0) is 42.7 Å². The number of hydrogen-bond donors (Lipinski definition) is 1. The van der Waals surface area contributed by atoms with E-state index in [0.717, 1.165) is 11.1 Å². The van der Waals surface area contributed by atoms with Crippen LogP contribution in [0.2, 0.25) is 0 Å². The number of carbonyl (C=O) groups excluding carboxylic acids is 1. The van der Waals surface area contributed by atoms with E-state index in [4.69, 9.17) is 4.42 Å². The molecule has 0 fully saturated rings. The van der Waals surface area contributed by atoms with Crippen molar-refractivity contribution in [2.45, 2.75) is 13.3 Å². The molecule has 2 aromatic heterocycles. The number of pyridine rings is 1. The van der Waals surface area contributed by atoms with E-state index in [0.29, 0.717) is 23.2 Å². The molecule has 0 aliphatic rings. The van der Waals surface area contributed by atoms with Gasteiger partial charge < -0.3 is 9.73 Å². The van der Waals surface area contributed by atoms with E-state index in [1.807, 2.05) is 25.1 Å². The lowest BCUT2D eigenvalue weighted by molar-refractivity contribution is 0.102. The highest BCUT2D eigenvalue weighted by atomic mass is 16.4. The van der Waals surface area contributed by atoms with Gasteiger partial charge in [-0.1, -0.05) is 24.3 Å². The summed E-state index contributed by atoms with van der Waals surface area (Å²) >= 11 is 0. The number of rotatable bonds is 4. The van der Waals surface area contributed by atoms with Crippen LogP contribution in [0.5, 0.6) is 0 Å². The second-order valence-electron chi connectivity index (χ2n) is 5.45. The topological polar surface area (TPSA) is 72.2 Å². The first-order chi connectivity index (χ1) is 11.6. The number of fused-ring (bicyclic) bond motifs is 1. The van der Waals surface area contributed by atoms with Crippen LogP contribution in [0.1, 0.15) is 21.5 Å². The molecule has 5 heteroatoms. The number of anilines is 1. The Labute approximate surface area is 138 Å². The summed E-state index contributed by atoms with van der Waals surface area (Å²) in [6.07, 6.45) is 3.91. The Bertz CT molecular complexity index is 989. The molecule has 120 valence electrons. The van der Waals surface area contributed by atoms with Crippen LogP contribution < -0.4 is 10.9 Å². The van der Waals surface area contributed by atoms with Crippen molar-refractivity contribution in [1.82, 2.24) is 4.98 Å². The monoisotopic (exact) mass is 320 g/mol. The van der Waals surface area contributed by atoms with Gasteiger partial charge in [0.1, 0.15) is 17.0 Å². The summed E-state index contributed by atoms with van der Waals surface area (Å²) < 4.78 is 5.37. The Kier molecular flexibility index (Phi) is 4.24. The number of allylic oxidation sites excluding steroid dienone is 1. The molecular formula is C19H16N2O3. The summed E-state index contributed by atoms with van der Waals surface area (Å²) in [6.45, 7) is 5.59. The van der Waals surface area contributed by atoms with Gasteiger partial charge in [-0.2, -0.15) is 0 Å². The molecule has 5 nitrogen and oxygen atoms in total. The van der Waals surface area contributed by atoms with Crippen LogP contribution in [0.3, 0.4) is 0 Å². The second-order valence-corrected chi connectivity index (χ2v) is 5.45. The zero-order chi connectivity index (χ0) is 17.1. The summed E-state index contributed by atoms with van der Waals surface area (Å²) in [5.74, 6) is -0.155. The first-order valence-corrected chi connectivity index (χ1v) is 7.49. The number of nitrogens with one attached hydrogen (secondary N) is 1. The van der Waals surface area contributed by atoms with Crippen LogP contribution in [0.15, 0.2) is 64.5 Å². The van der Waals surface area contributed by atoms with Gasteiger partial charge in [0.05, 0.1) is 0 Å². The molecule has 0 saturated carbocycles. The summed E-state index contributed by atoms with van der Waals surface area (Å²) in [5.41, 5.74) is 1.56. The third kappa shape index (κ3) is 3.10. The fourth-order valence-electron chi connectivity index (χ4n) is 2.47. The minimum Gasteiger partial charge on any atom is -0.422 e. The Morgan fingerprint density at radius 1 is 1.33 bits per heavy atom. The molecule has 0 aliphatic heterocycles. The number of benzene rings is 1. The maximum atomic E-state index is 12.4. The largest absolute Gasteiger partial charge is 0.422 e. The first kappa shape index (κ1) is 15.7. The Morgan fingerprint density at radius 2 is 2.17 bits per heavy atom. The molecule has 3 aromatic rings. The fraction of sp³-hybridized carbons (Fsp3) is 0.105. The fourth-order valence-corrected chi connectivity index (χ4v) is 2.47. The van der Waals surface area contributed by atoms with Crippen LogP contribution in [-0.4, -0.2) is 10.9 Å². The maximum Gasteiger partial charge on any atom is 0.349 e. The number of hydrogen-bond acceptors (Lipinski definition) is 4. The summed E-state index contributed by atoms with van der Waals surface area (Å²) in [4.78, 5) is 28.6. The zero-order valence-electron chi connectivity index (χ0n) is 13.2. The van der Waals surface area contributed by atoms with E-state index in [1.54, 1.807) is 30.5 Å². The predicted octanol–water partition coefficient (Wildman–Crippen LogP) is 3.48. The van der Waals surface area contributed by atoms with Crippen LogP contribution in [-0.2, 0) is 6.42 Å². The molecule has 1 N–H and O–H groups in total. The van der Waals surface area contributed by atoms with E-state index in [9.17, 15) is 9.59 Å². The second kappa shape index (κ2) is 6.50. The van der Waals surface area contributed by atoms with Gasteiger partial charge >= 0.3 is 5.63 Å². The van der Waals surface area contributed by atoms with Crippen LogP contribution in [0, 0.1) is 6.92 Å². The van der Waals surface area contributed by atoms with Gasteiger partial charge in [0, 0.05) is 11.6 Å². The highest BCUT2D eigenvalue weighted by Gasteiger charge is 2.15. The van der Waals surface area contributed by atoms with Crippen LogP contribution in [0.4, 0.5) is 5.82 Å². The van der Waals surface area contributed by atoms with Crippen molar-refractivity contribution in [2.75, 3.05) is 5.32 Å². The van der Waals surface area contributed by atoms with E-state index < -0.39 is 11.5 Å². The number of carbonyl (C=O) groups is 1. The van der Waals surface area contributed by atoms with Gasteiger partial charge in [0.25, 0.3) is 5.91 Å². The molecule has 1 amide bonds. The lowest BCUT2D eigenvalue weighted by atomic mass is 10.1. The Morgan fingerprint density at radius 3 is 2.92 bits per heavy atom. The highest BCUT2D eigenvalue weighted by molar-refractivity contribution is 6.05. The van der Waals surface area contributed by atoms with Gasteiger partial charge in [-0.3, -0.25) is 4.79 Å². The molecule has 0 atom stereocenters. The Hall–Kier alpha value is -3.21. The Balaban J connectivity index is 2.00. The van der Waals surface area contributed by atoms with E-state index >= 15 is 0 Å². The average Bonchev–Trinajstić information content (AvgIpc) is 2.55. The molecule has 0 saturated heterocycles. The number of nitrogens with zero attached hydrogens (tertiary/aromatic N) is 1. The molecule has 0 bridgehead atoms. The number of aromatic nitrogens is 1. The van der Waals surface area contributed by atoms with Gasteiger partial charge in [0.15, 0.2) is 0 Å². The summed E-state index contributed by atoms with van der Waals surface area (Å²) in [5, 5.41) is 3.31. The minimum absolute atomic E-state index is 0.0541. The SMILES string of the molecule is C=CCc1cccc2cc(C(=O)Nc3cc(C)ccn3)c(=O)oc12. The van der Waals surface area contributed by atoms with Crippen molar-refractivity contribution in [3.05, 3.63) is 82.4 Å².